The van der Waals surface area contributed by atoms with Crippen molar-refractivity contribution < 1.29 is 9.72 Å². The molecule has 0 aromatic heterocycles. The van der Waals surface area contributed by atoms with Gasteiger partial charge in [0, 0.05) is 37.2 Å². The number of nitro benzene ring substituents is 1. The van der Waals surface area contributed by atoms with E-state index < -0.39 is 4.92 Å². The van der Waals surface area contributed by atoms with Gasteiger partial charge in [0.25, 0.3) is 5.69 Å². The maximum atomic E-state index is 12.5. The zero-order chi connectivity index (χ0) is 17.1. The van der Waals surface area contributed by atoms with Crippen molar-refractivity contribution in [2.75, 3.05) is 13.1 Å². The number of rotatable bonds is 4. The van der Waals surface area contributed by atoms with Crippen molar-refractivity contribution in [1.82, 2.24) is 4.90 Å². The Morgan fingerprint density at radius 2 is 1.88 bits per heavy atom. The molecule has 0 bridgehead atoms. The van der Waals surface area contributed by atoms with Crippen LogP contribution in [0.2, 0.25) is 0 Å². The van der Waals surface area contributed by atoms with Gasteiger partial charge < -0.3 is 10.6 Å². The van der Waals surface area contributed by atoms with Gasteiger partial charge in [-0.05, 0) is 11.1 Å². The average molecular weight is 362 g/mol. The molecule has 1 amide bonds. The molecule has 2 aromatic rings. The Morgan fingerprint density at radius 1 is 1.16 bits per heavy atom. The molecule has 25 heavy (non-hydrogen) atoms. The number of carbonyl (C=O) groups is 1. The maximum absolute atomic E-state index is 12.5. The first-order valence-corrected chi connectivity index (χ1v) is 7.86. The van der Waals surface area contributed by atoms with Crippen LogP contribution in [0.4, 0.5) is 5.69 Å². The molecule has 1 fully saturated rings. The Bertz CT molecular complexity index is 754. The second-order valence-electron chi connectivity index (χ2n) is 6.08. The summed E-state index contributed by atoms with van der Waals surface area (Å²) in [5.41, 5.74) is 7.99. The third-order valence-electron chi connectivity index (χ3n) is 4.42. The second kappa shape index (κ2) is 8.09. The third kappa shape index (κ3) is 4.35. The zero-order valence-corrected chi connectivity index (χ0v) is 14.4. The smallest absolute Gasteiger partial charge is 0.269 e. The quantitative estimate of drug-likeness (QED) is 0.669. The highest BCUT2D eigenvalue weighted by Gasteiger charge is 2.33. The van der Waals surface area contributed by atoms with Crippen LogP contribution < -0.4 is 5.73 Å². The summed E-state index contributed by atoms with van der Waals surface area (Å²) in [4.78, 5) is 24.6. The van der Waals surface area contributed by atoms with Crippen LogP contribution in [0.5, 0.6) is 0 Å². The highest BCUT2D eigenvalue weighted by molar-refractivity contribution is 5.85. The first-order valence-electron chi connectivity index (χ1n) is 7.86. The Morgan fingerprint density at radius 3 is 2.56 bits per heavy atom. The van der Waals surface area contributed by atoms with E-state index in [1.807, 2.05) is 30.3 Å². The first kappa shape index (κ1) is 18.9. The van der Waals surface area contributed by atoms with Gasteiger partial charge in [-0.1, -0.05) is 42.5 Å². The predicted octanol–water partition coefficient (Wildman–Crippen LogP) is 2.51. The minimum atomic E-state index is -0.453. The van der Waals surface area contributed by atoms with Gasteiger partial charge in [0.1, 0.15) is 0 Å². The highest BCUT2D eigenvalue weighted by atomic mass is 35.5. The van der Waals surface area contributed by atoms with Crippen molar-refractivity contribution in [2.45, 2.75) is 18.4 Å². The van der Waals surface area contributed by atoms with Crippen LogP contribution in [0.3, 0.4) is 0 Å². The van der Waals surface area contributed by atoms with E-state index in [-0.39, 0.29) is 42.4 Å². The number of amides is 1. The van der Waals surface area contributed by atoms with E-state index in [0.717, 1.165) is 5.56 Å². The zero-order valence-electron chi connectivity index (χ0n) is 13.6. The van der Waals surface area contributed by atoms with Gasteiger partial charge in [-0.15, -0.1) is 12.4 Å². The van der Waals surface area contributed by atoms with Crippen molar-refractivity contribution in [1.29, 1.82) is 0 Å². The molecule has 1 aliphatic rings. The van der Waals surface area contributed by atoms with Crippen LogP contribution in [0, 0.1) is 10.1 Å². The van der Waals surface area contributed by atoms with Crippen LogP contribution >= 0.6 is 12.4 Å². The van der Waals surface area contributed by atoms with Crippen LogP contribution in [0.25, 0.3) is 0 Å². The topological polar surface area (TPSA) is 89.5 Å². The predicted molar refractivity (Wildman–Crippen MR) is 97.8 cm³/mol. The number of hydrogen-bond acceptors (Lipinski definition) is 4. The van der Waals surface area contributed by atoms with Gasteiger partial charge in [-0.3, -0.25) is 14.9 Å². The number of carbonyl (C=O) groups excluding carboxylic acids is 1. The Kier molecular flexibility index (Phi) is 6.12. The molecule has 0 unspecified atom stereocenters. The van der Waals surface area contributed by atoms with Gasteiger partial charge in [-0.25, -0.2) is 0 Å². The van der Waals surface area contributed by atoms with Crippen LogP contribution in [0.1, 0.15) is 17.0 Å². The highest BCUT2D eigenvalue weighted by Crippen LogP contribution is 2.27. The Balaban J connectivity index is 0.00000225. The molecule has 0 saturated carbocycles. The van der Waals surface area contributed by atoms with Crippen LogP contribution in [-0.4, -0.2) is 34.9 Å². The van der Waals surface area contributed by atoms with E-state index in [9.17, 15) is 14.9 Å². The number of nitrogens with zero attached hydrogens (tertiary/aromatic N) is 2. The SMILES string of the molecule is Cl.N[C@@H]1CN(C(=O)Cc2cccc([N+](=O)[O-])c2)C[C@H]1c1ccccc1. The summed E-state index contributed by atoms with van der Waals surface area (Å²) in [7, 11) is 0. The van der Waals surface area contributed by atoms with Crippen molar-refractivity contribution >= 4 is 24.0 Å². The van der Waals surface area contributed by atoms with Gasteiger partial charge >= 0.3 is 0 Å². The molecule has 2 atom stereocenters. The fourth-order valence-electron chi connectivity index (χ4n) is 3.15. The fraction of sp³-hybridized carbons (Fsp3) is 0.278. The lowest BCUT2D eigenvalue weighted by Gasteiger charge is -2.16. The van der Waals surface area contributed by atoms with Gasteiger partial charge in [0.05, 0.1) is 11.3 Å². The largest absolute Gasteiger partial charge is 0.340 e. The van der Waals surface area contributed by atoms with E-state index in [1.54, 1.807) is 17.0 Å². The minimum Gasteiger partial charge on any atom is -0.340 e. The van der Waals surface area contributed by atoms with Crippen molar-refractivity contribution in [3.8, 4) is 0 Å². The summed E-state index contributed by atoms with van der Waals surface area (Å²) in [6.45, 7) is 1.09. The molecule has 1 heterocycles. The molecule has 0 aliphatic carbocycles. The number of hydrogen-bond donors (Lipinski definition) is 1. The summed E-state index contributed by atoms with van der Waals surface area (Å²) >= 11 is 0. The second-order valence-corrected chi connectivity index (χ2v) is 6.08. The van der Waals surface area contributed by atoms with Crippen molar-refractivity contribution in [3.63, 3.8) is 0 Å². The Labute approximate surface area is 152 Å². The molecule has 132 valence electrons. The van der Waals surface area contributed by atoms with E-state index in [1.165, 1.54) is 12.1 Å². The van der Waals surface area contributed by atoms with Gasteiger partial charge in [-0.2, -0.15) is 0 Å². The molecule has 2 aromatic carbocycles. The van der Waals surface area contributed by atoms with Crippen LogP contribution in [0.15, 0.2) is 54.6 Å². The number of halogens is 1. The maximum Gasteiger partial charge on any atom is 0.269 e. The number of non-ortho nitro benzene ring substituents is 1. The first-order chi connectivity index (χ1) is 11.5. The van der Waals surface area contributed by atoms with Crippen LogP contribution in [-0.2, 0) is 11.2 Å². The molecular formula is C18H20ClN3O3. The lowest BCUT2D eigenvalue weighted by molar-refractivity contribution is -0.384. The summed E-state index contributed by atoms with van der Waals surface area (Å²) in [6, 6.07) is 16.0. The normalized spacial score (nSPS) is 19.3. The minimum absolute atomic E-state index is 0. The summed E-state index contributed by atoms with van der Waals surface area (Å²) in [5, 5.41) is 10.8. The van der Waals surface area contributed by atoms with E-state index in [2.05, 4.69) is 0 Å². The molecule has 3 rings (SSSR count). The number of nitro groups is 1. The lowest BCUT2D eigenvalue weighted by atomic mass is 9.95. The summed E-state index contributed by atoms with van der Waals surface area (Å²) < 4.78 is 0. The van der Waals surface area contributed by atoms with E-state index in [0.29, 0.717) is 18.7 Å². The van der Waals surface area contributed by atoms with Gasteiger partial charge in [0.2, 0.25) is 5.91 Å². The molecular weight excluding hydrogens is 342 g/mol. The molecule has 7 heteroatoms. The monoisotopic (exact) mass is 361 g/mol. The third-order valence-corrected chi connectivity index (χ3v) is 4.42. The fourth-order valence-corrected chi connectivity index (χ4v) is 3.15. The molecule has 0 radical (unpaired) electrons. The van der Waals surface area contributed by atoms with Crippen molar-refractivity contribution in [2.24, 2.45) is 5.73 Å². The summed E-state index contributed by atoms with van der Waals surface area (Å²) in [5.74, 6) is 0.0737. The summed E-state index contributed by atoms with van der Waals surface area (Å²) in [6.07, 6.45) is 0.149. The molecule has 2 N–H and O–H groups in total. The van der Waals surface area contributed by atoms with E-state index >= 15 is 0 Å². The number of benzene rings is 2. The van der Waals surface area contributed by atoms with Gasteiger partial charge in [0.15, 0.2) is 0 Å². The van der Waals surface area contributed by atoms with E-state index in [4.69, 9.17) is 5.73 Å². The lowest BCUT2D eigenvalue weighted by Crippen LogP contribution is -2.33. The molecule has 1 aliphatic heterocycles. The molecule has 6 nitrogen and oxygen atoms in total. The average Bonchev–Trinajstić information content (AvgIpc) is 2.98. The number of nitrogens with two attached hydrogens (primary N) is 1. The Hall–Kier alpha value is -2.44. The number of likely N-dealkylation sites (tertiary alicyclic amines) is 1. The van der Waals surface area contributed by atoms with Crippen molar-refractivity contribution in [3.05, 3.63) is 75.8 Å². The standard InChI is InChI=1S/C18H19N3O3.ClH/c19-17-12-20(11-16(17)14-6-2-1-3-7-14)18(22)10-13-5-4-8-15(9-13)21(23)24;/h1-9,16-17H,10-12,19H2;1H/t16-,17+;/m0./s1. The molecule has 1 saturated heterocycles. The molecule has 0 spiro atoms.